The zero-order valence-corrected chi connectivity index (χ0v) is 17.3. The highest BCUT2D eigenvalue weighted by atomic mass is 16.6. The highest BCUT2D eigenvalue weighted by Gasteiger charge is 2.23. The molecule has 1 aromatic rings. The molecule has 0 heterocycles. The summed E-state index contributed by atoms with van der Waals surface area (Å²) in [5.74, 6) is -0.506. The zero-order chi connectivity index (χ0) is 21.2. The zero-order valence-electron chi connectivity index (χ0n) is 17.3. The first-order chi connectivity index (χ1) is 13.2. The Morgan fingerprint density at radius 2 is 1.93 bits per heavy atom. The van der Waals surface area contributed by atoms with Gasteiger partial charge in [0.25, 0.3) is 7.41 Å². The van der Waals surface area contributed by atoms with E-state index in [0.29, 0.717) is 25.8 Å². The van der Waals surface area contributed by atoms with E-state index < -0.39 is 5.60 Å². The molecule has 1 aromatic carbocycles. The molecule has 3 N–H and O–H groups in total. The van der Waals surface area contributed by atoms with E-state index in [4.69, 9.17) is 4.74 Å². The summed E-state index contributed by atoms with van der Waals surface area (Å²) < 4.78 is 5.47. The van der Waals surface area contributed by atoms with E-state index in [-0.39, 0.29) is 31.5 Å². The summed E-state index contributed by atoms with van der Waals surface area (Å²) in [6.07, 6.45) is 0.833. The average molecular weight is 391 g/mol. The fraction of sp³-hybridized carbons (Fsp3) is 0.600. The van der Waals surface area contributed by atoms with Crippen molar-refractivity contribution in [1.82, 2.24) is 5.23 Å². The number of benzene rings is 1. The van der Waals surface area contributed by atoms with Crippen LogP contribution in [0, 0.1) is 6.92 Å². The van der Waals surface area contributed by atoms with E-state index in [1.54, 1.807) is 0 Å². The Hall–Kier alpha value is -1.90. The summed E-state index contributed by atoms with van der Waals surface area (Å²) in [4.78, 5) is 24.9. The number of ether oxygens (including phenoxy) is 1. The maximum atomic E-state index is 12.4. The molecule has 0 saturated heterocycles. The number of nitrogens with zero attached hydrogens (tertiary/aromatic N) is 1. The predicted octanol–water partition coefficient (Wildman–Crippen LogP) is 1.00. The number of nitrogens with one attached hydrogen (secondary N) is 1. The number of rotatable bonds is 12. The Morgan fingerprint density at radius 3 is 2.46 bits per heavy atom. The first kappa shape index (κ1) is 24.1. The molecular weight excluding hydrogens is 359 g/mol. The maximum absolute atomic E-state index is 12.4. The van der Waals surface area contributed by atoms with Crippen molar-refractivity contribution in [2.75, 3.05) is 37.7 Å². The normalized spacial score (nSPS) is 12.4. The summed E-state index contributed by atoms with van der Waals surface area (Å²) in [5.41, 5.74) is 2.26. The molecule has 0 spiro atoms. The summed E-state index contributed by atoms with van der Waals surface area (Å²) in [7, 11) is 1.31. The molecule has 155 valence electrons. The third kappa shape index (κ3) is 8.41. The van der Waals surface area contributed by atoms with Crippen LogP contribution in [0.25, 0.3) is 0 Å². The van der Waals surface area contributed by atoms with Crippen LogP contribution in [0.15, 0.2) is 18.2 Å². The number of carbonyl (C=O) groups excluding carboxylic acids is 2. The third-order valence-corrected chi connectivity index (χ3v) is 4.19. The van der Waals surface area contributed by atoms with Crippen molar-refractivity contribution >= 4 is 25.3 Å². The van der Waals surface area contributed by atoms with E-state index in [1.165, 1.54) is 7.41 Å². The highest BCUT2D eigenvalue weighted by molar-refractivity contribution is 6.64. The van der Waals surface area contributed by atoms with Gasteiger partial charge >= 0.3 is 5.97 Å². The van der Waals surface area contributed by atoms with E-state index in [1.807, 2.05) is 50.8 Å². The number of aliphatic hydroxyl groups excluding tert-OH is 2. The topological polar surface area (TPSA) is 99.1 Å². The lowest BCUT2D eigenvalue weighted by Gasteiger charge is -2.27. The van der Waals surface area contributed by atoms with E-state index in [0.717, 1.165) is 16.8 Å². The van der Waals surface area contributed by atoms with Gasteiger partial charge in [0.2, 0.25) is 0 Å². The Labute approximate surface area is 168 Å². The second-order valence-electron chi connectivity index (χ2n) is 7.67. The van der Waals surface area contributed by atoms with Gasteiger partial charge in [-0.25, -0.2) is 0 Å². The molecule has 7 nitrogen and oxygen atoms in total. The molecule has 1 unspecified atom stereocenters. The number of esters is 1. The highest BCUT2D eigenvalue weighted by Crippen LogP contribution is 2.28. The lowest BCUT2D eigenvalue weighted by atomic mass is 9.88. The SMILES string of the molecule is Cc1ccc(N(CCO)CCO)cc1C(CN[B]C=O)CC(=O)OC(C)(C)C. The monoisotopic (exact) mass is 391 g/mol. The van der Waals surface area contributed by atoms with Gasteiger partial charge in [0, 0.05) is 24.7 Å². The van der Waals surface area contributed by atoms with Gasteiger partial charge in [-0.2, -0.15) is 0 Å². The predicted molar refractivity (Wildman–Crippen MR) is 111 cm³/mol. The van der Waals surface area contributed by atoms with Crippen molar-refractivity contribution in [3.05, 3.63) is 29.3 Å². The second-order valence-corrected chi connectivity index (χ2v) is 7.67. The molecule has 1 rings (SSSR count). The molecule has 0 aliphatic rings. The molecule has 0 aliphatic heterocycles. The third-order valence-electron chi connectivity index (χ3n) is 4.19. The van der Waals surface area contributed by atoms with Crippen molar-refractivity contribution in [2.45, 2.75) is 45.6 Å². The minimum Gasteiger partial charge on any atom is -0.460 e. The quantitative estimate of drug-likeness (QED) is 0.212. The van der Waals surface area contributed by atoms with Crippen LogP contribution < -0.4 is 10.1 Å². The summed E-state index contributed by atoms with van der Waals surface area (Å²) in [6, 6.07) is 5.86. The standard InChI is InChI=1S/C20H32BN2O5/c1-15-5-6-17(23(7-9-24)8-10-25)12-18(15)16(13-22-21-14-26)11-19(27)28-20(2,3)4/h5-6,12,14,16,22,24-25H,7-11,13H2,1-4H3. The Morgan fingerprint density at radius 1 is 1.29 bits per heavy atom. The van der Waals surface area contributed by atoms with Gasteiger partial charge in [-0.05, 0) is 57.5 Å². The van der Waals surface area contributed by atoms with E-state index >= 15 is 0 Å². The Balaban J connectivity index is 3.13. The van der Waals surface area contributed by atoms with Gasteiger partial charge in [-0.15, -0.1) is 0 Å². The Bertz CT molecular complexity index is 628. The average Bonchev–Trinajstić information content (AvgIpc) is 2.60. The number of aliphatic hydroxyl groups is 2. The summed E-state index contributed by atoms with van der Waals surface area (Å²) in [5, 5.41) is 21.5. The van der Waals surface area contributed by atoms with Crippen molar-refractivity contribution in [1.29, 1.82) is 0 Å². The molecular formula is C20H32BN2O5. The lowest BCUT2D eigenvalue weighted by molar-refractivity contribution is -0.155. The molecule has 1 radical (unpaired) electrons. The van der Waals surface area contributed by atoms with E-state index in [2.05, 4.69) is 5.23 Å². The van der Waals surface area contributed by atoms with Gasteiger partial charge in [0.1, 0.15) is 5.60 Å². The first-order valence-electron chi connectivity index (χ1n) is 9.51. The molecule has 0 saturated carbocycles. The van der Waals surface area contributed by atoms with Crippen molar-refractivity contribution < 1.29 is 24.5 Å². The number of hydrogen-bond acceptors (Lipinski definition) is 7. The van der Waals surface area contributed by atoms with E-state index in [9.17, 15) is 19.8 Å². The molecule has 0 fully saturated rings. The van der Waals surface area contributed by atoms with Gasteiger partial charge in [0.15, 0.2) is 0 Å². The van der Waals surface area contributed by atoms with Crippen LogP contribution >= 0.6 is 0 Å². The van der Waals surface area contributed by atoms with Crippen LogP contribution in [0.1, 0.15) is 44.2 Å². The molecule has 1 atom stereocenters. The van der Waals surface area contributed by atoms with Crippen LogP contribution in [-0.2, 0) is 14.3 Å². The smallest absolute Gasteiger partial charge is 0.306 e. The first-order valence-corrected chi connectivity index (χ1v) is 9.51. The summed E-state index contributed by atoms with van der Waals surface area (Å²) in [6.45, 7) is 8.59. The van der Waals surface area contributed by atoms with Gasteiger partial charge in [-0.3, -0.25) is 4.79 Å². The van der Waals surface area contributed by atoms with Crippen LogP contribution in [0.3, 0.4) is 0 Å². The van der Waals surface area contributed by atoms with Gasteiger partial charge in [-0.1, -0.05) is 6.07 Å². The second kappa shape index (κ2) is 11.8. The number of aryl methyl sites for hydroxylation is 1. The minimum absolute atomic E-state index is 0.0274. The molecule has 8 heteroatoms. The van der Waals surface area contributed by atoms with Crippen LogP contribution in [-0.4, -0.2) is 68.2 Å². The fourth-order valence-electron chi connectivity index (χ4n) is 3.01. The maximum Gasteiger partial charge on any atom is 0.306 e. The van der Waals surface area contributed by atoms with Gasteiger partial charge < -0.3 is 29.9 Å². The van der Waals surface area contributed by atoms with Crippen molar-refractivity contribution in [2.24, 2.45) is 0 Å². The number of carbonyl (C=O) groups is 2. The van der Waals surface area contributed by atoms with Crippen molar-refractivity contribution in [3.8, 4) is 0 Å². The van der Waals surface area contributed by atoms with Crippen LogP contribution in [0.5, 0.6) is 0 Å². The minimum atomic E-state index is -0.570. The van der Waals surface area contributed by atoms with Crippen molar-refractivity contribution in [3.63, 3.8) is 0 Å². The fourth-order valence-corrected chi connectivity index (χ4v) is 3.01. The molecule has 0 amide bonds. The molecule has 0 bridgehead atoms. The molecule has 28 heavy (non-hydrogen) atoms. The lowest BCUT2D eigenvalue weighted by Crippen LogP contribution is -2.31. The number of hydrogen-bond donors (Lipinski definition) is 3. The summed E-state index contributed by atoms with van der Waals surface area (Å²) >= 11 is 0. The largest absolute Gasteiger partial charge is 0.460 e. The molecule has 0 aliphatic carbocycles. The molecule has 0 aromatic heterocycles. The van der Waals surface area contributed by atoms with Gasteiger partial charge in [0.05, 0.1) is 25.8 Å². The Kier molecular flexibility index (Phi) is 10.2. The number of anilines is 1. The van der Waals surface area contributed by atoms with Crippen LogP contribution in [0.4, 0.5) is 5.69 Å². The van der Waals surface area contributed by atoms with Crippen LogP contribution in [0.2, 0.25) is 0 Å².